The molecule has 0 fully saturated rings. The number of amides is 1. The molecule has 6 N–H and O–H groups in total. The molecule has 45 heavy (non-hydrogen) atoms. The minimum Gasteiger partial charge on any atom is -0.465 e. The Kier molecular flexibility index (Phi) is 23.0. The number of anilines is 2. The lowest BCUT2D eigenvalue weighted by atomic mass is 10.1. The summed E-state index contributed by atoms with van der Waals surface area (Å²) < 4.78 is 24.4. The van der Waals surface area contributed by atoms with Crippen molar-refractivity contribution in [1.82, 2.24) is 10.6 Å². The second kappa shape index (κ2) is 23.8. The highest BCUT2D eigenvalue weighted by atomic mass is 35.5. The number of nitro benzene ring substituents is 2. The number of carbonyl (C=O) groups excluding carboxylic acids is 2. The fraction of sp³-hybridized carbons (Fsp3) is 0.462. The summed E-state index contributed by atoms with van der Waals surface area (Å²) in [5.41, 5.74) is 3.78. The van der Waals surface area contributed by atoms with Crippen LogP contribution in [0.1, 0.15) is 41.6 Å². The zero-order valence-electron chi connectivity index (χ0n) is 24.5. The van der Waals surface area contributed by atoms with Crippen LogP contribution in [0, 0.1) is 26.0 Å². The number of rotatable bonds is 19. The van der Waals surface area contributed by atoms with Crippen LogP contribution in [0.3, 0.4) is 0 Å². The topological polar surface area (TPSA) is 213 Å². The molecule has 19 heteroatoms. The molecule has 2 aromatic rings. The van der Waals surface area contributed by atoms with Gasteiger partial charge >= 0.3 is 23.4 Å². The van der Waals surface area contributed by atoms with Gasteiger partial charge in [0.05, 0.1) is 33.9 Å². The number of hydrogen-bond acceptors (Lipinski definition) is 12. The van der Waals surface area contributed by atoms with Crippen molar-refractivity contribution in [1.29, 1.82) is 0 Å². The molecule has 1 amide bonds. The van der Waals surface area contributed by atoms with Gasteiger partial charge in [-0.15, -0.1) is 37.2 Å². The number of benzene rings is 2. The Morgan fingerprint density at radius 2 is 1.44 bits per heavy atom. The third-order valence-electron chi connectivity index (χ3n) is 5.91. The molecule has 2 rings (SSSR count). The Bertz CT molecular complexity index is 1250. The van der Waals surface area contributed by atoms with Gasteiger partial charge < -0.3 is 31.2 Å². The van der Waals surface area contributed by atoms with Gasteiger partial charge in [0.2, 0.25) is 0 Å². The molecule has 0 bridgehead atoms. The molecule has 0 aromatic heterocycles. The third-order valence-corrected chi connectivity index (χ3v) is 5.91. The molecule has 0 radical (unpaired) electrons. The van der Waals surface area contributed by atoms with Crippen molar-refractivity contribution in [2.24, 2.45) is 5.73 Å². The highest BCUT2D eigenvalue weighted by Gasteiger charge is 2.24. The van der Waals surface area contributed by atoms with Gasteiger partial charge in [-0.05, 0) is 82.2 Å². The standard InChI is InChI=1S/C26H36FN7O8.3ClH/c1-41-25(35)19-15-20(27)22(31-13-5-12-30-10-3-2-9-29-11-4-8-28)16-21(19)32-26(36)42-17-18-6-7-23(33(37)38)24(14-18)34(39)40;;;/h6-7,14-16,29-31H,2-5,8-13,17,28H2,1H3,(H,32,36);3*1H. The molecule has 0 heterocycles. The van der Waals surface area contributed by atoms with E-state index in [9.17, 15) is 34.2 Å². The van der Waals surface area contributed by atoms with Crippen LogP contribution < -0.4 is 27.0 Å². The molecule has 0 aliphatic heterocycles. The number of hydrogen-bond donors (Lipinski definition) is 5. The molecule has 0 saturated carbocycles. The fourth-order valence-corrected chi connectivity index (χ4v) is 3.76. The van der Waals surface area contributed by atoms with Gasteiger partial charge in [0.1, 0.15) is 12.4 Å². The van der Waals surface area contributed by atoms with Crippen molar-refractivity contribution in [3.63, 3.8) is 0 Å². The second-order valence-electron chi connectivity index (χ2n) is 9.04. The number of ether oxygens (including phenoxy) is 2. The van der Waals surface area contributed by atoms with E-state index in [2.05, 4.69) is 26.0 Å². The van der Waals surface area contributed by atoms with Gasteiger partial charge in [-0.1, -0.05) is 0 Å². The van der Waals surface area contributed by atoms with E-state index in [4.69, 9.17) is 10.5 Å². The number of halogens is 4. The Balaban J connectivity index is 0. The second-order valence-corrected chi connectivity index (χ2v) is 9.04. The van der Waals surface area contributed by atoms with E-state index in [0.29, 0.717) is 26.1 Å². The van der Waals surface area contributed by atoms with E-state index in [0.717, 1.165) is 64.2 Å². The first-order valence-corrected chi connectivity index (χ1v) is 13.3. The summed E-state index contributed by atoms with van der Waals surface area (Å²) in [4.78, 5) is 44.9. The normalized spacial score (nSPS) is 9.93. The molecule has 254 valence electrons. The van der Waals surface area contributed by atoms with Gasteiger partial charge in [-0.3, -0.25) is 25.5 Å². The first-order chi connectivity index (χ1) is 20.2. The van der Waals surface area contributed by atoms with Crippen molar-refractivity contribution in [2.75, 3.05) is 57.0 Å². The van der Waals surface area contributed by atoms with Crippen LogP contribution in [0.4, 0.5) is 31.9 Å². The minimum absolute atomic E-state index is 0. The highest BCUT2D eigenvalue weighted by molar-refractivity contribution is 6.00. The van der Waals surface area contributed by atoms with E-state index in [1.54, 1.807) is 0 Å². The van der Waals surface area contributed by atoms with Crippen molar-refractivity contribution in [2.45, 2.75) is 32.3 Å². The van der Waals surface area contributed by atoms with Gasteiger partial charge in [0.25, 0.3) is 0 Å². The first kappa shape index (κ1) is 43.6. The van der Waals surface area contributed by atoms with E-state index in [1.807, 2.05) is 0 Å². The van der Waals surface area contributed by atoms with Crippen molar-refractivity contribution in [3.05, 3.63) is 67.5 Å². The van der Waals surface area contributed by atoms with Crippen LogP contribution in [0.5, 0.6) is 0 Å². The SMILES string of the molecule is COC(=O)c1cc(F)c(NCCCNCCCCNCCCN)cc1NC(=O)OCc1ccc([N+](=O)[O-])c([N+](=O)[O-])c1.Cl.Cl.Cl. The van der Waals surface area contributed by atoms with Crippen LogP contribution in [-0.4, -0.2) is 68.3 Å². The van der Waals surface area contributed by atoms with Crippen LogP contribution in [0.25, 0.3) is 0 Å². The van der Waals surface area contributed by atoms with Gasteiger partial charge in [0.15, 0.2) is 0 Å². The fourth-order valence-electron chi connectivity index (χ4n) is 3.76. The molecular weight excluding hydrogens is 664 g/mol. The lowest BCUT2D eigenvalue weighted by molar-refractivity contribution is -0.422. The maximum Gasteiger partial charge on any atom is 0.411 e. The van der Waals surface area contributed by atoms with Crippen LogP contribution in [-0.2, 0) is 16.1 Å². The van der Waals surface area contributed by atoms with Crippen molar-refractivity contribution < 1.29 is 33.3 Å². The first-order valence-electron chi connectivity index (χ1n) is 13.3. The number of unbranched alkanes of at least 4 members (excludes halogenated alkanes) is 1. The summed E-state index contributed by atoms with van der Waals surface area (Å²) >= 11 is 0. The average Bonchev–Trinajstić information content (AvgIpc) is 2.97. The van der Waals surface area contributed by atoms with E-state index in [-0.39, 0.29) is 59.7 Å². The number of methoxy groups -OCH3 is 1. The molecule has 0 atom stereocenters. The summed E-state index contributed by atoms with van der Waals surface area (Å²) in [7, 11) is 1.10. The Labute approximate surface area is 278 Å². The Morgan fingerprint density at radius 1 is 0.844 bits per heavy atom. The molecule has 0 unspecified atom stereocenters. The molecule has 0 spiro atoms. The Hall–Kier alpha value is -3.54. The maximum absolute atomic E-state index is 14.7. The molecule has 0 aliphatic carbocycles. The van der Waals surface area contributed by atoms with Gasteiger partial charge in [-0.2, -0.15) is 0 Å². The van der Waals surface area contributed by atoms with Gasteiger partial charge in [0, 0.05) is 18.7 Å². The predicted molar refractivity (Wildman–Crippen MR) is 175 cm³/mol. The van der Waals surface area contributed by atoms with E-state index < -0.39 is 45.7 Å². The number of esters is 1. The van der Waals surface area contributed by atoms with Crippen LogP contribution in [0.2, 0.25) is 0 Å². The van der Waals surface area contributed by atoms with E-state index in [1.165, 1.54) is 12.1 Å². The highest BCUT2D eigenvalue weighted by Crippen LogP contribution is 2.28. The zero-order chi connectivity index (χ0) is 30.9. The predicted octanol–water partition coefficient (Wildman–Crippen LogP) is 4.55. The van der Waals surface area contributed by atoms with Crippen molar-refractivity contribution >= 4 is 72.0 Å². The molecule has 0 aliphatic rings. The van der Waals surface area contributed by atoms with Crippen LogP contribution >= 0.6 is 37.2 Å². The summed E-state index contributed by atoms with van der Waals surface area (Å²) in [6.07, 6.45) is 2.63. The lowest BCUT2D eigenvalue weighted by Gasteiger charge is -2.14. The summed E-state index contributed by atoms with van der Waals surface area (Å²) in [6.45, 7) is 4.02. The van der Waals surface area contributed by atoms with Crippen LogP contribution in [0.15, 0.2) is 30.3 Å². The molecule has 2 aromatic carbocycles. The molecule has 15 nitrogen and oxygen atoms in total. The quantitative estimate of drug-likeness (QED) is 0.0590. The number of nitrogens with two attached hydrogens (primary N) is 1. The monoisotopic (exact) mass is 701 g/mol. The Morgan fingerprint density at radius 3 is 2.02 bits per heavy atom. The maximum atomic E-state index is 14.7. The number of nitro groups is 2. The third kappa shape index (κ3) is 15.3. The number of nitrogens with one attached hydrogen (secondary N) is 4. The average molecular weight is 703 g/mol. The summed E-state index contributed by atoms with van der Waals surface area (Å²) in [5.74, 6) is -1.64. The smallest absolute Gasteiger partial charge is 0.411 e. The zero-order valence-corrected chi connectivity index (χ0v) is 27.0. The summed E-state index contributed by atoms with van der Waals surface area (Å²) in [5, 5.41) is 34.0. The summed E-state index contributed by atoms with van der Waals surface area (Å²) in [6, 6.07) is 5.20. The molecular formula is C26H39Cl3FN7O8. The largest absolute Gasteiger partial charge is 0.465 e. The number of nitrogens with zero attached hydrogens (tertiary/aromatic N) is 2. The van der Waals surface area contributed by atoms with Crippen molar-refractivity contribution in [3.8, 4) is 0 Å². The van der Waals surface area contributed by atoms with E-state index >= 15 is 0 Å². The van der Waals surface area contributed by atoms with Gasteiger partial charge in [-0.25, -0.2) is 14.0 Å². The lowest BCUT2D eigenvalue weighted by Crippen LogP contribution is -2.22. The minimum atomic E-state index is -1.06. The molecule has 0 saturated heterocycles. The number of carbonyl (C=O) groups is 2.